The van der Waals surface area contributed by atoms with Gasteiger partial charge in [-0.25, -0.2) is 9.97 Å². The number of imidazole rings is 1. The van der Waals surface area contributed by atoms with Crippen LogP contribution in [0, 0.1) is 6.92 Å². The lowest BCUT2D eigenvalue weighted by atomic mass is 9.92. The van der Waals surface area contributed by atoms with E-state index in [1.807, 2.05) is 55.4 Å². The van der Waals surface area contributed by atoms with Crippen LogP contribution < -0.4 is 4.90 Å². The number of nitrogens with one attached hydrogen (secondary N) is 1. The van der Waals surface area contributed by atoms with Crippen molar-refractivity contribution in [2.24, 2.45) is 0 Å². The van der Waals surface area contributed by atoms with Crippen LogP contribution in [0.5, 0.6) is 0 Å². The van der Waals surface area contributed by atoms with Crippen molar-refractivity contribution >= 4 is 22.8 Å². The number of H-pyrrole nitrogens is 1. The molecule has 2 unspecified atom stereocenters. The van der Waals surface area contributed by atoms with Gasteiger partial charge in [-0.2, -0.15) is 0 Å². The van der Waals surface area contributed by atoms with E-state index in [9.17, 15) is 4.79 Å². The van der Waals surface area contributed by atoms with Crippen molar-refractivity contribution in [3.8, 4) is 22.6 Å². The molecule has 8 nitrogen and oxygen atoms in total. The lowest BCUT2D eigenvalue weighted by Gasteiger charge is -2.38. The van der Waals surface area contributed by atoms with Crippen molar-refractivity contribution in [2.75, 3.05) is 24.5 Å². The number of hydrogen-bond donors (Lipinski definition) is 1. The van der Waals surface area contributed by atoms with Crippen molar-refractivity contribution in [3.63, 3.8) is 0 Å². The van der Waals surface area contributed by atoms with Crippen LogP contribution in [-0.4, -0.2) is 62.2 Å². The number of ether oxygens (including phenoxy) is 1. The molecule has 2 aliphatic rings. The molecular weight excluding hydrogens is 452 g/mol. The predicted molar refractivity (Wildman–Crippen MR) is 139 cm³/mol. The second kappa shape index (κ2) is 8.71. The maximum atomic E-state index is 13.1. The molecule has 1 amide bonds. The van der Waals surface area contributed by atoms with Gasteiger partial charge in [-0.3, -0.25) is 9.78 Å². The van der Waals surface area contributed by atoms with E-state index in [0.717, 1.165) is 58.9 Å². The monoisotopic (exact) mass is 482 g/mol. The third kappa shape index (κ3) is 3.82. The molecule has 8 heteroatoms. The first-order valence-corrected chi connectivity index (χ1v) is 12.6. The van der Waals surface area contributed by atoms with E-state index >= 15 is 0 Å². The van der Waals surface area contributed by atoms with Gasteiger partial charge in [0, 0.05) is 36.6 Å². The minimum atomic E-state index is -0.763. The first-order chi connectivity index (χ1) is 17.5. The first-order valence-electron chi connectivity index (χ1n) is 12.6. The maximum Gasteiger partial charge on any atom is 0.258 e. The molecule has 1 N–H and O–H groups in total. The average Bonchev–Trinajstić information content (AvgIpc) is 3.41. The molecule has 4 aromatic rings. The summed E-state index contributed by atoms with van der Waals surface area (Å²) in [6.45, 7) is 8.06. The summed E-state index contributed by atoms with van der Waals surface area (Å²) >= 11 is 0. The molecule has 2 atom stereocenters. The summed E-state index contributed by atoms with van der Waals surface area (Å²) in [5.41, 5.74) is 5.12. The molecule has 0 bridgehead atoms. The summed E-state index contributed by atoms with van der Waals surface area (Å²) in [6, 6.07) is 14.3. The standard InChI is InChI=1S/C28H30N6O2/c1-4-34-19(3)36-28(27(34)35)12-5-13-33(17-28)25-11-8-20(15-30-25)22-10-7-21(16-29-22)26-31-23-9-6-18(2)14-24(23)32-26/h6-11,14-16,19H,4-5,12-13,17H2,1-3H3,(H,31,32). The summed E-state index contributed by atoms with van der Waals surface area (Å²) in [6.07, 6.45) is 5.15. The lowest BCUT2D eigenvalue weighted by molar-refractivity contribution is -0.137. The number of carbonyl (C=O) groups is 1. The van der Waals surface area contributed by atoms with Crippen LogP contribution in [0.2, 0.25) is 0 Å². The van der Waals surface area contributed by atoms with Gasteiger partial charge in [0.25, 0.3) is 5.91 Å². The molecule has 36 heavy (non-hydrogen) atoms. The molecule has 1 aromatic carbocycles. The zero-order chi connectivity index (χ0) is 24.9. The summed E-state index contributed by atoms with van der Waals surface area (Å²) in [7, 11) is 0. The second-order valence-electron chi connectivity index (χ2n) is 9.77. The summed E-state index contributed by atoms with van der Waals surface area (Å²) in [5, 5.41) is 0. The number of carbonyl (C=O) groups excluding carboxylic acids is 1. The van der Waals surface area contributed by atoms with E-state index in [4.69, 9.17) is 14.7 Å². The van der Waals surface area contributed by atoms with Gasteiger partial charge in [0.15, 0.2) is 5.60 Å². The number of aryl methyl sites for hydroxylation is 1. The smallest absolute Gasteiger partial charge is 0.258 e. The highest BCUT2D eigenvalue weighted by Crippen LogP contribution is 2.36. The van der Waals surface area contributed by atoms with Crippen LogP contribution in [0.1, 0.15) is 32.3 Å². The highest BCUT2D eigenvalue weighted by molar-refractivity contribution is 5.88. The summed E-state index contributed by atoms with van der Waals surface area (Å²) in [5.74, 6) is 1.76. The third-order valence-electron chi connectivity index (χ3n) is 7.32. The summed E-state index contributed by atoms with van der Waals surface area (Å²) in [4.78, 5) is 34.5. The Kier molecular flexibility index (Phi) is 5.48. The number of likely N-dealkylation sites (N-methyl/N-ethyl adjacent to an activating group) is 1. The highest BCUT2D eigenvalue weighted by Gasteiger charge is 2.53. The SMILES string of the molecule is CCN1C(=O)C2(CCCN(c3ccc(-c4ccc(-c5nc6cc(C)ccc6[nH]5)cn4)cn3)C2)OC1C. The molecule has 0 radical (unpaired) electrons. The Bertz CT molecular complexity index is 1410. The van der Waals surface area contributed by atoms with E-state index in [0.29, 0.717) is 13.1 Å². The Morgan fingerprint density at radius 3 is 2.67 bits per heavy atom. The van der Waals surface area contributed by atoms with Crippen molar-refractivity contribution in [3.05, 3.63) is 60.4 Å². The fourth-order valence-electron chi connectivity index (χ4n) is 5.44. The molecule has 0 saturated carbocycles. The van der Waals surface area contributed by atoms with Crippen LogP contribution in [0.25, 0.3) is 33.7 Å². The number of anilines is 1. The number of rotatable bonds is 4. The van der Waals surface area contributed by atoms with E-state index in [-0.39, 0.29) is 12.1 Å². The van der Waals surface area contributed by atoms with E-state index in [2.05, 4.69) is 40.0 Å². The molecule has 2 saturated heterocycles. The minimum Gasteiger partial charge on any atom is -0.353 e. The lowest BCUT2D eigenvalue weighted by Crippen LogP contribution is -2.54. The van der Waals surface area contributed by atoms with Gasteiger partial charge in [-0.1, -0.05) is 6.07 Å². The van der Waals surface area contributed by atoms with Crippen molar-refractivity contribution in [2.45, 2.75) is 45.4 Å². The van der Waals surface area contributed by atoms with Gasteiger partial charge in [0.2, 0.25) is 0 Å². The van der Waals surface area contributed by atoms with Gasteiger partial charge < -0.3 is 19.5 Å². The van der Waals surface area contributed by atoms with Crippen molar-refractivity contribution in [1.29, 1.82) is 0 Å². The van der Waals surface area contributed by atoms with Crippen LogP contribution in [0.4, 0.5) is 5.82 Å². The molecule has 184 valence electrons. The minimum absolute atomic E-state index is 0.0997. The van der Waals surface area contributed by atoms with Crippen molar-refractivity contribution in [1.82, 2.24) is 24.8 Å². The molecule has 1 spiro atoms. The molecule has 2 aliphatic heterocycles. The molecule has 5 heterocycles. The first kappa shape index (κ1) is 22.7. The zero-order valence-electron chi connectivity index (χ0n) is 20.9. The number of aromatic amines is 1. The second-order valence-corrected chi connectivity index (χ2v) is 9.77. The van der Waals surface area contributed by atoms with Crippen LogP contribution in [-0.2, 0) is 9.53 Å². The topological polar surface area (TPSA) is 87.2 Å². The van der Waals surface area contributed by atoms with E-state index < -0.39 is 5.60 Å². The van der Waals surface area contributed by atoms with Crippen LogP contribution in [0.15, 0.2) is 54.9 Å². The number of benzene rings is 1. The van der Waals surface area contributed by atoms with Gasteiger partial charge in [-0.15, -0.1) is 0 Å². The number of hydrogen-bond acceptors (Lipinski definition) is 6. The Morgan fingerprint density at radius 1 is 1.11 bits per heavy atom. The van der Waals surface area contributed by atoms with E-state index in [1.165, 1.54) is 5.56 Å². The Hall–Kier alpha value is -3.78. The normalized spacial score (nSPS) is 22.2. The fraction of sp³-hybridized carbons (Fsp3) is 0.357. The number of piperidine rings is 1. The molecular formula is C28H30N6O2. The van der Waals surface area contributed by atoms with Gasteiger partial charge in [-0.05, 0) is 75.6 Å². The summed E-state index contributed by atoms with van der Waals surface area (Å²) < 4.78 is 6.21. The molecule has 3 aromatic heterocycles. The number of amides is 1. The van der Waals surface area contributed by atoms with E-state index in [1.54, 1.807) is 0 Å². The van der Waals surface area contributed by atoms with Crippen molar-refractivity contribution < 1.29 is 9.53 Å². The van der Waals surface area contributed by atoms with Crippen LogP contribution in [0.3, 0.4) is 0 Å². The predicted octanol–water partition coefficient (Wildman–Crippen LogP) is 4.56. The Morgan fingerprint density at radius 2 is 1.94 bits per heavy atom. The van der Waals surface area contributed by atoms with Crippen LogP contribution >= 0.6 is 0 Å². The highest BCUT2D eigenvalue weighted by atomic mass is 16.5. The molecule has 6 rings (SSSR count). The third-order valence-corrected chi connectivity index (χ3v) is 7.32. The zero-order valence-corrected chi connectivity index (χ0v) is 20.9. The largest absolute Gasteiger partial charge is 0.353 e. The van der Waals surface area contributed by atoms with Gasteiger partial charge in [0.1, 0.15) is 17.9 Å². The number of aromatic nitrogens is 4. The quantitative estimate of drug-likeness (QED) is 0.459. The van der Waals surface area contributed by atoms with Gasteiger partial charge in [0.05, 0.1) is 23.3 Å². The molecule has 2 fully saturated rings. The van der Waals surface area contributed by atoms with Gasteiger partial charge >= 0.3 is 0 Å². The number of fused-ring (bicyclic) bond motifs is 1. The fourth-order valence-corrected chi connectivity index (χ4v) is 5.44. The number of nitrogens with zero attached hydrogens (tertiary/aromatic N) is 5. The Labute approximate surface area is 210 Å². The Balaban J connectivity index is 1.19. The number of pyridine rings is 2. The maximum absolute atomic E-state index is 13.1. The molecule has 0 aliphatic carbocycles. The average molecular weight is 483 g/mol.